The van der Waals surface area contributed by atoms with Crippen molar-refractivity contribution in [2.75, 3.05) is 6.54 Å². The number of alkyl halides is 1. The number of aliphatic hydroxyl groups excluding tert-OH is 1. The van der Waals surface area contributed by atoms with Crippen molar-refractivity contribution in [3.8, 4) is 5.75 Å². The molecule has 2 amide bonds. The summed E-state index contributed by atoms with van der Waals surface area (Å²) >= 11 is 0. The Kier molecular flexibility index (Phi) is 5.20. The molecule has 1 aromatic rings. The first-order chi connectivity index (χ1) is 16.3. The fourth-order valence-corrected chi connectivity index (χ4v) is 6.86. The zero-order valence-electron chi connectivity index (χ0n) is 19.4. The molecule has 0 saturated heterocycles. The lowest BCUT2D eigenvalue weighted by Crippen LogP contribution is -2.82. The smallest absolute Gasteiger partial charge is 0.388 e. The zero-order chi connectivity index (χ0) is 23.5. The van der Waals surface area contributed by atoms with E-state index < -0.39 is 11.7 Å². The van der Waals surface area contributed by atoms with Gasteiger partial charge in [0.1, 0.15) is 17.5 Å². The van der Waals surface area contributed by atoms with Crippen LogP contribution in [0.5, 0.6) is 5.75 Å². The molecule has 1 unspecified atom stereocenters. The standard InChI is InChI=1S/C26H32FN3O4/c27-26-12-25(13-26,14-26)15-28-19-4-2-1-3-5-21(19)34-17-6-7-18-16(10-17)11-30(24(18)33)20-8-9-22(31)29-23(20)32/h6-7,10,19-21,28H,1-5,8-9,11-15H2,(H,29,31,32)/p+1/t19-,20?,21+,25?,26?/m0/s1. The van der Waals surface area contributed by atoms with E-state index in [9.17, 15) is 19.1 Å². The minimum absolute atomic E-state index is 0.0476. The van der Waals surface area contributed by atoms with E-state index in [1.165, 1.54) is 12.8 Å². The predicted molar refractivity (Wildman–Crippen MR) is 122 cm³/mol. The molecule has 7 nitrogen and oxygen atoms in total. The van der Waals surface area contributed by atoms with Crippen LogP contribution in [0.1, 0.15) is 80.1 Å². The average molecular weight is 471 g/mol. The van der Waals surface area contributed by atoms with E-state index in [1.54, 1.807) is 4.90 Å². The number of amides is 2. The summed E-state index contributed by atoms with van der Waals surface area (Å²) in [6, 6.07) is 5.37. The van der Waals surface area contributed by atoms with Crippen LogP contribution >= 0.6 is 0 Å². The molecule has 1 aromatic carbocycles. The third-order valence-corrected chi connectivity index (χ3v) is 8.57. The van der Waals surface area contributed by atoms with Gasteiger partial charge in [0, 0.05) is 24.7 Å². The number of aliphatic hydroxyl groups is 1. The highest BCUT2D eigenvalue weighted by Crippen LogP contribution is 2.69. The van der Waals surface area contributed by atoms with Crippen LogP contribution in [0.2, 0.25) is 0 Å². The van der Waals surface area contributed by atoms with Crippen molar-refractivity contribution in [2.24, 2.45) is 5.41 Å². The normalized spacial score (nSPS) is 36.8. The van der Waals surface area contributed by atoms with Crippen LogP contribution in [0.15, 0.2) is 18.2 Å². The van der Waals surface area contributed by atoms with Gasteiger partial charge in [0.15, 0.2) is 6.04 Å². The maximum atomic E-state index is 13.9. The number of nitrogens with zero attached hydrogens (tertiary/aromatic N) is 1. The molecule has 6 aliphatic rings. The number of hydrogen-bond donors (Lipinski definition) is 3. The van der Waals surface area contributed by atoms with E-state index in [2.05, 4.69) is 10.3 Å². The topological polar surface area (TPSA) is 92.8 Å². The number of ether oxygens (including phenoxy) is 1. The van der Waals surface area contributed by atoms with E-state index in [0.717, 1.165) is 37.1 Å². The van der Waals surface area contributed by atoms with Crippen molar-refractivity contribution >= 4 is 17.7 Å². The molecule has 2 bridgehead atoms. The number of rotatable bonds is 6. The first-order valence-corrected chi connectivity index (χ1v) is 12.7. The first-order valence-electron chi connectivity index (χ1n) is 12.7. The van der Waals surface area contributed by atoms with Gasteiger partial charge in [-0.1, -0.05) is 12.8 Å². The van der Waals surface area contributed by atoms with Gasteiger partial charge in [0.05, 0.1) is 6.42 Å². The predicted octanol–water partition coefficient (Wildman–Crippen LogP) is 1.93. The number of fused-ring (bicyclic) bond motifs is 1. The van der Waals surface area contributed by atoms with Crippen molar-refractivity contribution < 1.29 is 28.8 Å². The molecule has 4 fully saturated rings. The largest absolute Gasteiger partial charge is 0.489 e. The molecular formula is C26H33FN3O4+. The molecule has 2 heterocycles. The minimum atomic E-state index is -0.867. The average Bonchev–Trinajstić information content (AvgIpc) is 2.92. The molecule has 4 saturated carbocycles. The van der Waals surface area contributed by atoms with E-state index in [-0.39, 0.29) is 41.7 Å². The summed E-state index contributed by atoms with van der Waals surface area (Å²) in [6.45, 7) is 1.25. The highest BCUT2D eigenvalue weighted by atomic mass is 19.1. The number of carbonyl (C=O) groups is 2. The number of hydrogen-bond acceptors (Lipinski definition) is 4. The highest BCUT2D eigenvalue weighted by Gasteiger charge is 2.68. The Morgan fingerprint density at radius 1 is 1.15 bits per heavy atom. The lowest BCUT2D eigenvalue weighted by atomic mass is 9.42. The van der Waals surface area contributed by atoms with Gasteiger partial charge in [-0.05, 0) is 74.1 Å². The van der Waals surface area contributed by atoms with Crippen molar-refractivity contribution in [1.29, 1.82) is 0 Å². The Bertz CT molecular complexity index is 1040. The minimum Gasteiger partial charge on any atom is -0.489 e. The number of carbonyl (C=O) groups excluding carboxylic acids is 2. The first kappa shape index (κ1) is 22.0. The quantitative estimate of drug-likeness (QED) is 0.553. The Labute approximate surface area is 198 Å². The van der Waals surface area contributed by atoms with E-state index in [1.807, 2.05) is 18.2 Å². The summed E-state index contributed by atoms with van der Waals surface area (Å²) in [6.07, 6.45) is 8.40. The van der Waals surface area contributed by atoms with Gasteiger partial charge in [-0.25, -0.2) is 9.18 Å². The highest BCUT2D eigenvalue weighted by molar-refractivity contribution is 6.01. The van der Waals surface area contributed by atoms with Crippen LogP contribution in [0.25, 0.3) is 0 Å². The van der Waals surface area contributed by atoms with Gasteiger partial charge in [0.2, 0.25) is 0 Å². The molecule has 34 heavy (non-hydrogen) atoms. The summed E-state index contributed by atoms with van der Waals surface area (Å²) in [5.41, 5.74) is 0.808. The zero-order valence-corrected chi connectivity index (χ0v) is 19.4. The summed E-state index contributed by atoms with van der Waals surface area (Å²) in [4.78, 5) is 28.6. The molecule has 0 spiro atoms. The van der Waals surface area contributed by atoms with Gasteiger partial charge in [-0.2, -0.15) is 0 Å². The van der Waals surface area contributed by atoms with Gasteiger partial charge < -0.3 is 20.1 Å². The number of benzene rings is 1. The number of nitrogens with one attached hydrogen (secondary N) is 2. The van der Waals surface area contributed by atoms with Gasteiger partial charge in [-0.3, -0.25) is 4.79 Å². The van der Waals surface area contributed by atoms with Crippen LogP contribution in [-0.4, -0.2) is 58.1 Å². The third kappa shape index (κ3) is 3.80. The van der Waals surface area contributed by atoms with Crippen molar-refractivity contribution in [1.82, 2.24) is 10.2 Å². The lowest BCUT2D eigenvalue weighted by molar-refractivity contribution is -0.394. The lowest BCUT2D eigenvalue weighted by Gasteiger charge is -2.66. The molecule has 3 N–H and O–H groups in total. The Morgan fingerprint density at radius 2 is 1.94 bits per heavy atom. The second kappa shape index (κ2) is 8.04. The maximum Gasteiger partial charge on any atom is 0.388 e. The molecule has 0 radical (unpaired) electrons. The van der Waals surface area contributed by atoms with Crippen LogP contribution < -0.4 is 15.0 Å². The SMILES string of the molecule is O=C1CCC(N2Cc3cc(O[C@@H]4CCCCC[C@@H]4NCC45CC(F)(C4)C5)ccc3C2=O)C(O)=[NH+]1. The van der Waals surface area contributed by atoms with Gasteiger partial charge in [0.25, 0.3) is 5.91 Å². The summed E-state index contributed by atoms with van der Waals surface area (Å²) < 4.78 is 20.4. The molecule has 3 atom stereocenters. The summed E-state index contributed by atoms with van der Waals surface area (Å²) in [7, 11) is 0. The van der Waals surface area contributed by atoms with Gasteiger partial charge in [-0.15, -0.1) is 4.99 Å². The third-order valence-electron chi connectivity index (χ3n) is 8.57. The fourth-order valence-electron chi connectivity index (χ4n) is 6.86. The van der Waals surface area contributed by atoms with Crippen molar-refractivity contribution in [3.05, 3.63) is 29.3 Å². The van der Waals surface area contributed by atoms with Crippen molar-refractivity contribution in [3.63, 3.8) is 0 Å². The molecule has 8 heteroatoms. The molecule has 2 aliphatic heterocycles. The van der Waals surface area contributed by atoms with E-state index >= 15 is 0 Å². The Balaban J connectivity index is 1.13. The maximum absolute atomic E-state index is 13.9. The molecular weight excluding hydrogens is 437 g/mol. The van der Waals surface area contributed by atoms with E-state index in [4.69, 9.17) is 4.74 Å². The second-order valence-corrected chi connectivity index (χ2v) is 11.2. The molecule has 182 valence electrons. The Hall–Kier alpha value is -2.48. The van der Waals surface area contributed by atoms with Gasteiger partial charge >= 0.3 is 11.8 Å². The summed E-state index contributed by atoms with van der Waals surface area (Å²) in [5, 5.41) is 13.9. The molecule has 4 aliphatic carbocycles. The van der Waals surface area contributed by atoms with Crippen LogP contribution in [-0.2, 0) is 11.3 Å². The summed E-state index contributed by atoms with van der Waals surface area (Å²) in [5.74, 6) is 0.250. The molecule has 0 aromatic heterocycles. The second-order valence-electron chi connectivity index (χ2n) is 11.2. The Morgan fingerprint density at radius 3 is 2.71 bits per heavy atom. The monoisotopic (exact) mass is 470 g/mol. The molecule has 7 rings (SSSR count). The van der Waals surface area contributed by atoms with Crippen LogP contribution in [0.4, 0.5) is 4.39 Å². The van der Waals surface area contributed by atoms with Crippen LogP contribution in [0.3, 0.4) is 0 Å². The van der Waals surface area contributed by atoms with E-state index in [0.29, 0.717) is 37.8 Å². The number of halogens is 1. The van der Waals surface area contributed by atoms with Crippen molar-refractivity contribution in [2.45, 2.75) is 94.6 Å². The fraction of sp³-hybridized carbons (Fsp3) is 0.654. The van der Waals surface area contributed by atoms with Crippen LogP contribution in [0, 0.1) is 5.41 Å².